The van der Waals surface area contributed by atoms with E-state index in [1.54, 1.807) is 0 Å². The summed E-state index contributed by atoms with van der Waals surface area (Å²) in [6, 6.07) is 12.7. The molecule has 3 aromatic rings. The zero-order chi connectivity index (χ0) is 25.1. The van der Waals surface area contributed by atoms with Gasteiger partial charge in [-0.2, -0.15) is 0 Å². The fourth-order valence-electron chi connectivity index (χ4n) is 3.14. The Morgan fingerprint density at radius 3 is 2.41 bits per heavy atom. The third-order valence-electron chi connectivity index (χ3n) is 5.14. The second-order valence-corrected chi connectivity index (χ2v) is 17.6. The lowest BCUT2D eigenvalue weighted by atomic mass is 9.97. The van der Waals surface area contributed by atoms with E-state index in [2.05, 4.69) is 31.5 Å². The van der Waals surface area contributed by atoms with E-state index in [0.29, 0.717) is 16.8 Å². The Hall–Kier alpha value is -2.00. The molecule has 6 nitrogen and oxygen atoms in total. The zero-order valence-corrected chi connectivity index (χ0v) is 23.6. The van der Waals surface area contributed by atoms with Crippen molar-refractivity contribution in [2.75, 3.05) is 18.2 Å². The highest BCUT2D eigenvalue weighted by atomic mass is 35.5. The van der Waals surface area contributed by atoms with Gasteiger partial charge < -0.3 is 9.47 Å². The Labute approximate surface area is 212 Å². The van der Waals surface area contributed by atoms with Crippen LogP contribution in [0.2, 0.25) is 30.7 Å². The number of carbonyl (C=O) groups excluding carboxylic acids is 1. The van der Waals surface area contributed by atoms with Crippen molar-refractivity contribution in [3.8, 4) is 0 Å². The Kier molecular flexibility index (Phi) is 8.39. The van der Waals surface area contributed by atoms with Crippen molar-refractivity contribution in [3.63, 3.8) is 0 Å². The Bertz CT molecular complexity index is 1120. The van der Waals surface area contributed by atoms with E-state index in [1.807, 2.05) is 57.2 Å². The van der Waals surface area contributed by atoms with Gasteiger partial charge in [0.1, 0.15) is 22.7 Å². The summed E-state index contributed by atoms with van der Waals surface area (Å²) in [5.74, 6) is 0.0964. The van der Waals surface area contributed by atoms with Gasteiger partial charge in [0.05, 0.1) is 0 Å². The van der Waals surface area contributed by atoms with Crippen LogP contribution in [0.5, 0.6) is 0 Å². The van der Waals surface area contributed by atoms with Crippen molar-refractivity contribution in [3.05, 3.63) is 52.7 Å². The molecule has 34 heavy (non-hydrogen) atoms. The fraction of sp³-hybridized carbons (Fsp3) is 0.480. The highest BCUT2D eigenvalue weighted by Crippen LogP contribution is 2.31. The molecule has 9 heteroatoms. The van der Waals surface area contributed by atoms with Gasteiger partial charge in [-0.3, -0.25) is 0 Å². The number of anilines is 1. The summed E-state index contributed by atoms with van der Waals surface area (Å²) in [6.45, 7) is 15.2. The van der Waals surface area contributed by atoms with Gasteiger partial charge in [-0.15, -0.1) is 0 Å². The number of aromatic nitrogens is 2. The van der Waals surface area contributed by atoms with Crippen LogP contribution in [0.15, 0.2) is 36.4 Å². The van der Waals surface area contributed by atoms with Gasteiger partial charge in [-0.25, -0.2) is 19.7 Å². The van der Waals surface area contributed by atoms with Crippen LogP contribution >= 0.6 is 22.9 Å². The Balaban J connectivity index is 1.85. The van der Waals surface area contributed by atoms with E-state index in [1.165, 1.54) is 16.2 Å². The number of rotatable bonds is 8. The summed E-state index contributed by atoms with van der Waals surface area (Å²) in [5, 5.41) is 1.22. The summed E-state index contributed by atoms with van der Waals surface area (Å²) >= 11 is 7.40. The molecule has 3 rings (SSSR count). The number of hydrogen-bond donors (Lipinski definition) is 0. The Morgan fingerprint density at radius 1 is 1.12 bits per heavy atom. The van der Waals surface area contributed by atoms with Crippen molar-refractivity contribution in [2.45, 2.75) is 64.9 Å². The number of benzene rings is 1. The van der Waals surface area contributed by atoms with Crippen molar-refractivity contribution in [1.82, 2.24) is 9.97 Å². The van der Waals surface area contributed by atoms with Crippen LogP contribution in [-0.2, 0) is 9.47 Å². The SMILES string of the molecule is CC(c1ccc(Cl)cc1)c1ccc2nc(N(COCC[Si](C)(C)C)C(=O)OC(C)(C)C)sc2n1. The van der Waals surface area contributed by atoms with Crippen LogP contribution in [0, 0.1) is 0 Å². The fourth-order valence-corrected chi connectivity index (χ4v) is 4.94. The lowest BCUT2D eigenvalue weighted by Crippen LogP contribution is -2.38. The van der Waals surface area contributed by atoms with Gasteiger partial charge in [0.25, 0.3) is 0 Å². The molecule has 0 fully saturated rings. The van der Waals surface area contributed by atoms with Crippen LogP contribution in [0.25, 0.3) is 10.3 Å². The quantitative estimate of drug-likeness (QED) is 0.174. The second kappa shape index (κ2) is 10.7. The lowest BCUT2D eigenvalue weighted by molar-refractivity contribution is 0.0500. The second-order valence-electron chi connectivity index (χ2n) is 10.6. The van der Waals surface area contributed by atoms with E-state index >= 15 is 0 Å². The standard InChI is InChI=1S/C25H34ClN3O3SSi/c1-17(18-8-10-19(26)11-9-18)20-12-13-21-22(27-20)33-23(28-21)29(24(30)32-25(2,3)4)16-31-14-15-34(5,6)7/h8-13,17H,14-16H2,1-7H3. The molecule has 1 amide bonds. The van der Waals surface area contributed by atoms with Gasteiger partial charge in [0.15, 0.2) is 5.13 Å². The third-order valence-corrected chi connectivity index (χ3v) is 8.09. The number of halogens is 1. The normalized spacial score (nSPS) is 13.2. The number of amides is 1. The minimum Gasteiger partial charge on any atom is -0.443 e. The average Bonchev–Trinajstić information content (AvgIpc) is 3.14. The summed E-state index contributed by atoms with van der Waals surface area (Å²) in [7, 11) is -1.24. The molecule has 0 aliphatic carbocycles. The topological polar surface area (TPSA) is 64.6 Å². The molecule has 1 atom stereocenters. The van der Waals surface area contributed by atoms with E-state index in [9.17, 15) is 4.79 Å². The predicted octanol–water partition coefficient (Wildman–Crippen LogP) is 7.55. The highest BCUT2D eigenvalue weighted by molar-refractivity contribution is 7.22. The number of ether oxygens (including phenoxy) is 2. The maximum Gasteiger partial charge on any atom is 0.418 e. The predicted molar refractivity (Wildman–Crippen MR) is 144 cm³/mol. The number of nitrogens with zero attached hydrogens (tertiary/aromatic N) is 3. The first-order chi connectivity index (χ1) is 15.8. The summed E-state index contributed by atoms with van der Waals surface area (Å²) < 4.78 is 11.5. The van der Waals surface area contributed by atoms with Crippen LogP contribution < -0.4 is 4.90 Å². The molecule has 0 aliphatic rings. The van der Waals surface area contributed by atoms with Crippen molar-refractivity contribution < 1.29 is 14.3 Å². The van der Waals surface area contributed by atoms with E-state index < -0.39 is 19.8 Å². The molecule has 0 spiro atoms. The molecule has 0 saturated heterocycles. The van der Waals surface area contributed by atoms with Crippen molar-refractivity contribution in [2.24, 2.45) is 0 Å². The first kappa shape index (κ1) is 26.6. The molecule has 0 radical (unpaired) electrons. The highest BCUT2D eigenvalue weighted by Gasteiger charge is 2.27. The van der Waals surface area contributed by atoms with E-state index in [4.69, 9.17) is 26.1 Å². The van der Waals surface area contributed by atoms with Gasteiger partial charge >= 0.3 is 6.09 Å². The molecule has 1 unspecified atom stereocenters. The Morgan fingerprint density at radius 2 is 1.79 bits per heavy atom. The summed E-state index contributed by atoms with van der Waals surface area (Å²) in [6.07, 6.45) is -0.477. The van der Waals surface area contributed by atoms with Gasteiger partial charge in [-0.1, -0.05) is 61.6 Å². The molecule has 0 bridgehead atoms. The van der Waals surface area contributed by atoms with Gasteiger partial charge in [0.2, 0.25) is 0 Å². The van der Waals surface area contributed by atoms with Gasteiger partial charge in [-0.05, 0) is 56.6 Å². The molecule has 0 N–H and O–H groups in total. The maximum absolute atomic E-state index is 13.0. The molecule has 0 aliphatic heterocycles. The molecule has 1 aromatic carbocycles. The molecule has 2 heterocycles. The van der Waals surface area contributed by atoms with Gasteiger partial charge in [0, 0.05) is 31.3 Å². The van der Waals surface area contributed by atoms with E-state index in [-0.39, 0.29) is 12.6 Å². The molecule has 184 valence electrons. The van der Waals surface area contributed by atoms with Crippen LogP contribution in [0.3, 0.4) is 0 Å². The molecule has 2 aromatic heterocycles. The third kappa shape index (κ3) is 7.50. The molecular formula is C25H34ClN3O3SSi. The average molecular weight is 520 g/mol. The maximum atomic E-state index is 13.0. The first-order valence-corrected chi connectivity index (χ1v) is 16.3. The smallest absolute Gasteiger partial charge is 0.418 e. The zero-order valence-electron chi connectivity index (χ0n) is 21.0. The lowest BCUT2D eigenvalue weighted by Gasteiger charge is -2.26. The number of thiazole rings is 1. The van der Waals surface area contributed by atoms with Crippen LogP contribution in [0.1, 0.15) is 44.9 Å². The largest absolute Gasteiger partial charge is 0.443 e. The molecule has 0 saturated carbocycles. The monoisotopic (exact) mass is 519 g/mol. The number of pyridine rings is 1. The number of hydrogen-bond acceptors (Lipinski definition) is 6. The minimum absolute atomic E-state index is 0.0905. The first-order valence-electron chi connectivity index (χ1n) is 11.4. The minimum atomic E-state index is -1.24. The van der Waals surface area contributed by atoms with Crippen LogP contribution in [0.4, 0.5) is 9.93 Å². The number of carbonyl (C=O) groups is 1. The van der Waals surface area contributed by atoms with E-state index in [0.717, 1.165) is 27.6 Å². The van der Waals surface area contributed by atoms with Crippen molar-refractivity contribution >= 4 is 52.6 Å². The van der Waals surface area contributed by atoms with Crippen LogP contribution in [-0.4, -0.2) is 43.1 Å². The van der Waals surface area contributed by atoms with Crippen molar-refractivity contribution in [1.29, 1.82) is 0 Å². The summed E-state index contributed by atoms with van der Waals surface area (Å²) in [4.78, 5) is 24.7. The molecular weight excluding hydrogens is 486 g/mol. The summed E-state index contributed by atoms with van der Waals surface area (Å²) in [5.41, 5.74) is 2.18. The number of fused-ring (bicyclic) bond motifs is 1.